The number of hydrogen-bond donors (Lipinski definition) is 2. The molecule has 1 unspecified atom stereocenters. The van der Waals surface area contributed by atoms with E-state index in [2.05, 4.69) is 10.6 Å². The summed E-state index contributed by atoms with van der Waals surface area (Å²) in [7, 11) is 0. The van der Waals surface area contributed by atoms with Gasteiger partial charge in [0.1, 0.15) is 31.6 Å². The number of nitro benzene ring substituents is 1. The normalized spacial score (nSPS) is 14.8. The van der Waals surface area contributed by atoms with Crippen molar-refractivity contribution < 1.29 is 43.0 Å². The highest BCUT2D eigenvalue weighted by molar-refractivity contribution is 5.92. The van der Waals surface area contributed by atoms with Crippen LogP contribution in [-0.2, 0) is 37.0 Å². The lowest BCUT2D eigenvalue weighted by Crippen LogP contribution is -2.61. The third-order valence-electron chi connectivity index (χ3n) is 7.90. The van der Waals surface area contributed by atoms with Gasteiger partial charge in [-0.05, 0) is 42.5 Å². The Morgan fingerprint density at radius 1 is 0.833 bits per heavy atom. The Balaban J connectivity index is 1.47. The van der Waals surface area contributed by atoms with E-state index in [9.17, 15) is 29.3 Å². The first-order valence-electron chi connectivity index (χ1n) is 15.7. The van der Waals surface area contributed by atoms with Gasteiger partial charge in [-0.15, -0.1) is 0 Å². The maximum atomic E-state index is 13.8. The molecule has 0 bridgehead atoms. The Hall–Kier alpha value is -5.46. The Morgan fingerprint density at radius 3 is 2.00 bits per heavy atom. The van der Waals surface area contributed by atoms with Gasteiger partial charge in [-0.3, -0.25) is 14.9 Å². The van der Waals surface area contributed by atoms with E-state index in [1.165, 1.54) is 19.1 Å². The Morgan fingerprint density at radius 2 is 1.42 bits per heavy atom. The summed E-state index contributed by atoms with van der Waals surface area (Å²) in [6.45, 7) is 0.530. The Labute approximate surface area is 278 Å². The number of carbonyl (C=O) groups is 4. The van der Waals surface area contributed by atoms with Gasteiger partial charge in [0.05, 0.1) is 4.92 Å². The number of benzene rings is 3. The summed E-state index contributed by atoms with van der Waals surface area (Å²) in [5.74, 6) is -1.46. The summed E-state index contributed by atoms with van der Waals surface area (Å²) in [5, 5.41) is 16.2. The highest BCUT2D eigenvalue weighted by atomic mass is 16.7. The number of nitrogens with zero attached hydrogens (tertiary/aromatic N) is 1. The molecule has 1 aliphatic carbocycles. The molecule has 48 heavy (non-hydrogen) atoms. The lowest BCUT2D eigenvalue weighted by atomic mass is 9.84. The molecule has 2 N–H and O–H groups in total. The molecule has 0 aromatic heterocycles. The predicted octanol–water partition coefficient (Wildman–Crippen LogP) is 5.99. The molecule has 254 valence electrons. The molecule has 1 aliphatic rings. The second-order valence-electron chi connectivity index (χ2n) is 11.8. The summed E-state index contributed by atoms with van der Waals surface area (Å²) >= 11 is 0. The minimum Gasteiger partial charge on any atom is -0.459 e. The van der Waals surface area contributed by atoms with Gasteiger partial charge in [0.25, 0.3) is 5.69 Å². The van der Waals surface area contributed by atoms with Crippen LogP contribution in [0.3, 0.4) is 0 Å². The molecule has 0 saturated heterocycles. The lowest BCUT2D eigenvalue weighted by Gasteiger charge is -2.31. The van der Waals surface area contributed by atoms with Crippen LogP contribution in [0.25, 0.3) is 0 Å². The zero-order chi connectivity index (χ0) is 34.4. The van der Waals surface area contributed by atoms with Crippen LogP contribution in [0.2, 0.25) is 0 Å². The zero-order valence-corrected chi connectivity index (χ0v) is 26.6. The van der Waals surface area contributed by atoms with Gasteiger partial charge in [-0.1, -0.05) is 92.8 Å². The second-order valence-corrected chi connectivity index (χ2v) is 11.8. The molecule has 1 saturated carbocycles. The first-order valence-corrected chi connectivity index (χ1v) is 15.7. The van der Waals surface area contributed by atoms with E-state index in [0.29, 0.717) is 12.0 Å². The predicted molar refractivity (Wildman–Crippen MR) is 173 cm³/mol. The van der Waals surface area contributed by atoms with E-state index in [4.69, 9.17) is 18.9 Å². The van der Waals surface area contributed by atoms with Crippen LogP contribution in [0.4, 0.5) is 15.3 Å². The fourth-order valence-electron chi connectivity index (χ4n) is 5.25. The van der Waals surface area contributed by atoms with Crippen molar-refractivity contribution in [3.8, 4) is 5.75 Å². The van der Waals surface area contributed by atoms with E-state index in [1.807, 2.05) is 24.3 Å². The number of amides is 2. The van der Waals surface area contributed by atoms with E-state index < -0.39 is 47.2 Å². The van der Waals surface area contributed by atoms with Crippen LogP contribution in [0.1, 0.15) is 56.6 Å². The maximum Gasteiger partial charge on any atom is 0.513 e. The van der Waals surface area contributed by atoms with Crippen molar-refractivity contribution in [3.05, 3.63) is 106 Å². The quantitative estimate of drug-likeness (QED) is 0.0687. The Bertz CT molecular complexity index is 1530. The van der Waals surface area contributed by atoms with Crippen LogP contribution >= 0.6 is 0 Å². The molecule has 1 fully saturated rings. The average Bonchev–Trinajstić information content (AvgIpc) is 3.10. The number of ether oxygens (including phenoxy) is 4. The molecule has 0 spiro atoms. The smallest absolute Gasteiger partial charge is 0.459 e. The fraction of sp³-hybridized carbons (Fsp3) is 0.371. The summed E-state index contributed by atoms with van der Waals surface area (Å²) in [4.78, 5) is 63.1. The number of hydrogen-bond acceptors (Lipinski definition) is 10. The van der Waals surface area contributed by atoms with Gasteiger partial charge in [-0.25, -0.2) is 14.4 Å². The number of nitrogens with one attached hydrogen (secondary N) is 2. The van der Waals surface area contributed by atoms with Crippen molar-refractivity contribution in [2.45, 2.75) is 70.2 Å². The molecule has 3 aromatic carbocycles. The third kappa shape index (κ3) is 11.1. The van der Waals surface area contributed by atoms with E-state index >= 15 is 0 Å². The van der Waals surface area contributed by atoms with E-state index in [0.717, 1.165) is 49.8 Å². The molecule has 13 nitrogen and oxygen atoms in total. The molecule has 4 rings (SSSR count). The third-order valence-corrected chi connectivity index (χ3v) is 7.90. The van der Waals surface area contributed by atoms with Crippen molar-refractivity contribution in [1.29, 1.82) is 0 Å². The van der Waals surface area contributed by atoms with Crippen molar-refractivity contribution in [2.75, 3.05) is 6.61 Å². The number of carbonyl (C=O) groups excluding carboxylic acids is 4. The van der Waals surface area contributed by atoms with Crippen LogP contribution in [0.5, 0.6) is 5.75 Å². The van der Waals surface area contributed by atoms with Gasteiger partial charge in [-0.2, -0.15) is 0 Å². The first kappa shape index (κ1) is 35.4. The number of rotatable bonds is 14. The van der Waals surface area contributed by atoms with Gasteiger partial charge in [0.15, 0.2) is 5.54 Å². The first-order chi connectivity index (χ1) is 23.1. The van der Waals surface area contributed by atoms with Crippen LogP contribution < -0.4 is 15.4 Å². The standard InChI is InChI=1S/C35H39N3O10/c1-35(32(40)45-22-26-13-7-3-8-14-26,24-47-34(42)48-29-19-17-28(18-20-29)38(43)44)37-31(39)30(21-25-11-5-2-6-12-25)36-33(41)46-23-27-15-9-4-10-16-27/h3-4,7-10,13-20,25,30H,2,5-6,11-12,21-24H2,1H3,(H,36,41)(H,37,39)/t30-,35?/m0/s1. The molecular formula is C35H39N3O10. The SMILES string of the molecule is CC(COC(=O)Oc1ccc([N+](=O)[O-])cc1)(NC(=O)[C@H](CC1CCCCC1)NC(=O)OCc1ccccc1)C(=O)OCc1ccccc1. The van der Waals surface area contributed by atoms with Crippen molar-refractivity contribution in [1.82, 2.24) is 10.6 Å². The highest BCUT2D eigenvalue weighted by Gasteiger charge is 2.41. The van der Waals surface area contributed by atoms with Crippen molar-refractivity contribution in [2.24, 2.45) is 5.92 Å². The minimum absolute atomic E-state index is 0.00131. The Kier molecular flexibility index (Phi) is 12.9. The largest absolute Gasteiger partial charge is 0.513 e. The van der Waals surface area contributed by atoms with Gasteiger partial charge >= 0.3 is 18.2 Å². The van der Waals surface area contributed by atoms with Gasteiger partial charge < -0.3 is 29.6 Å². The second kappa shape index (κ2) is 17.5. The van der Waals surface area contributed by atoms with Crippen LogP contribution in [-0.4, -0.2) is 47.2 Å². The summed E-state index contributed by atoms with van der Waals surface area (Å²) in [6, 6.07) is 21.6. The summed E-state index contributed by atoms with van der Waals surface area (Å²) in [5.41, 5.74) is -0.642. The number of non-ortho nitro benzene ring substituents is 1. The zero-order valence-electron chi connectivity index (χ0n) is 26.6. The average molecular weight is 662 g/mol. The van der Waals surface area contributed by atoms with E-state index in [1.54, 1.807) is 36.4 Å². The number of alkyl carbamates (subject to hydrolysis) is 1. The molecule has 0 radical (unpaired) electrons. The summed E-state index contributed by atoms with van der Waals surface area (Å²) in [6.07, 6.45) is 3.17. The molecular weight excluding hydrogens is 622 g/mol. The van der Waals surface area contributed by atoms with Crippen LogP contribution in [0.15, 0.2) is 84.9 Å². The lowest BCUT2D eigenvalue weighted by molar-refractivity contribution is -0.384. The molecule has 0 heterocycles. The molecule has 0 aliphatic heterocycles. The molecule has 13 heteroatoms. The highest BCUT2D eigenvalue weighted by Crippen LogP contribution is 2.28. The van der Waals surface area contributed by atoms with E-state index in [-0.39, 0.29) is 30.6 Å². The minimum atomic E-state index is -1.90. The number of nitro groups is 1. The summed E-state index contributed by atoms with van der Waals surface area (Å²) < 4.78 is 21.2. The number of esters is 1. The van der Waals surface area contributed by atoms with Gasteiger partial charge in [0, 0.05) is 12.1 Å². The molecule has 2 amide bonds. The monoisotopic (exact) mass is 661 g/mol. The van der Waals surface area contributed by atoms with Gasteiger partial charge in [0.2, 0.25) is 5.91 Å². The topological polar surface area (TPSA) is 172 Å². The van der Waals surface area contributed by atoms with Crippen molar-refractivity contribution in [3.63, 3.8) is 0 Å². The van der Waals surface area contributed by atoms with Crippen LogP contribution in [0, 0.1) is 16.0 Å². The fourth-order valence-corrected chi connectivity index (χ4v) is 5.25. The molecule has 2 atom stereocenters. The maximum absolute atomic E-state index is 13.8. The molecule has 3 aromatic rings. The van der Waals surface area contributed by atoms with Crippen molar-refractivity contribution >= 4 is 29.8 Å².